The van der Waals surface area contributed by atoms with Crippen molar-refractivity contribution in [3.8, 4) is 0 Å². The molecule has 0 aromatic heterocycles. The Kier molecular flexibility index (Phi) is 5.24. The van der Waals surface area contributed by atoms with E-state index in [1.54, 1.807) is 0 Å². The molecule has 2 aromatic rings. The van der Waals surface area contributed by atoms with E-state index in [-0.39, 0.29) is 12.1 Å². The molecule has 0 saturated heterocycles. The zero-order valence-corrected chi connectivity index (χ0v) is 12.0. The average molecular weight is 264 g/mol. The quantitative estimate of drug-likeness (QED) is 0.729. The van der Waals surface area contributed by atoms with Crippen LogP contribution in [0.3, 0.4) is 0 Å². The summed E-state index contributed by atoms with van der Waals surface area (Å²) in [4.78, 5) is 9.14. The predicted octanol–water partition coefficient (Wildman–Crippen LogP) is 4.00. The highest BCUT2D eigenvalue weighted by Gasteiger charge is 2.07. The first-order chi connectivity index (χ1) is 9.75. The van der Waals surface area contributed by atoms with Crippen molar-refractivity contribution >= 4 is 12.4 Å². The molecule has 0 bridgehead atoms. The molecular formula is C18H20N2. The minimum absolute atomic E-state index is 0.162. The predicted molar refractivity (Wildman–Crippen MR) is 87.0 cm³/mol. The second-order valence-electron chi connectivity index (χ2n) is 4.86. The molecule has 0 spiro atoms. The van der Waals surface area contributed by atoms with Crippen LogP contribution in [0.25, 0.3) is 0 Å². The van der Waals surface area contributed by atoms with E-state index in [1.165, 1.54) is 0 Å². The van der Waals surface area contributed by atoms with Gasteiger partial charge in [-0.3, -0.25) is 9.98 Å². The number of hydrogen-bond donors (Lipinski definition) is 0. The van der Waals surface area contributed by atoms with Crippen molar-refractivity contribution < 1.29 is 0 Å². The molecule has 2 aromatic carbocycles. The van der Waals surface area contributed by atoms with Crippen LogP contribution < -0.4 is 0 Å². The zero-order valence-electron chi connectivity index (χ0n) is 12.0. The van der Waals surface area contributed by atoms with Crippen molar-refractivity contribution in [1.29, 1.82) is 0 Å². The van der Waals surface area contributed by atoms with Gasteiger partial charge in [-0.2, -0.15) is 0 Å². The highest BCUT2D eigenvalue weighted by Crippen LogP contribution is 2.04. The Balaban J connectivity index is 1.94. The molecule has 0 N–H and O–H groups in total. The van der Waals surface area contributed by atoms with Gasteiger partial charge in [0.1, 0.15) is 0 Å². The van der Waals surface area contributed by atoms with Crippen molar-refractivity contribution in [2.75, 3.05) is 0 Å². The fourth-order valence-electron chi connectivity index (χ4n) is 1.73. The van der Waals surface area contributed by atoms with Gasteiger partial charge < -0.3 is 0 Å². The van der Waals surface area contributed by atoms with Crippen molar-refractivity contribution in [3.05, 3.63) is 71.8 Å². The molecule has 2 rings (SSSR count). The summed E-state index contributed by atoms with van der Waals surface area (Å²) in [6.07, 6.45) is 3.83. The standard InChI is InChI=1S/C18H20N2/c1-15(19-13-17-9-5-3-6-10-17)16(2)20-14-18-11-7-4-8-12-18/h3-16H,1-2H3. The summed E-state index contributed by atoms with van der Waals surface area (Å²) in [6, 6.07) is 20.6. The molecule has 102 valence electrons. The van der Waals surface area contributed by atoms with Gasteiger partial charge in [0.05, 0.1) is 12.1 Å². The molecule has 0 radical (unpaired) electrons. The van der Waals surface area contributed by atoms with E-state index in [9.17, 15) is 0 Å². The Morgan fingerprint density at radius 3 is 1.35 bits per heavy atom. The van der Waals surface area contributed by atoms with Gasteiger partial charge in [-0.15, -0.1) is 0 Å². The Hall–Kier alpha value is -2.22. The number of hydrogen-bond acceptors (Lipinski definition) is 2. The van der Waals surface area contributed by atoms with E-state index in [4.69, 9.17) is 0 Å². The summed E-state index contributed by atoms with van der Waals surface area (Å²) in [5.74, 6) is 0. The maximum absolute atomic E-state index is 4.57. The largest absolute Gasteiger partial charge is 0.287 e. The number of benzene rings is 2. The SMILES string of the molecule is CC(N=Cc1ccccc1)C(C)N=Cc1ccccc1. The molecule has 0 aliphatic carbocycles. The molecule has 0 aliphatic rings. The third-order valence-corrected chi connectivity index (χ3v) is 3.21. The lowest BCUT2D eigenvalue weighted by atomic mass is 10.2. The van der Waals surface area contributed by atoms with Gasteiger partial charge in [-0.25, -0.2) is 0 Å². The molecule has 2 heteroatoms. The first kappa shape index (κ1) is 14.2. The fraction of sp³-hybridized carbons (Fsp3) is 0.222. The lowest BCUT2D eigenvalue weighted by Gasteiger charge is -2.11. The lowest BCUT2D eigenvalue weighted by molar-refractivity contribution is 0.612. The summed E-state index contributed by atoms with van der Waals surface area (Å²) < 4.78 is 0. The monoisotopic (exact) mass is 264 g/mol. The Morgan fingerprint density at radius 2 is 1.00 bits per heavy atom. The van der Waals surface area contributed by atoms with Crippen LogP contribution >= 0.6 is 0 Å². The van der Waals surface area contributed by atoms with Crippen molar-refractivity contribution in [1.82, 2.24) is 0 Å². The Bertz CT molecular complexity index is 505. The van der Waals surface area contributed by atoms with Crippen molar-refractivity contribution in [3.63, 3.8) is 0 Å². The maximum atomic E-state index is 4.57. The second kappa shape index (κ2) is 7.39. The van der Waals surface area contributed by atoms with Crippen LogP contribution in [0.4, 0.5) is 0 Å². The molecular weight excluding hydrogens is 244 g/mol. The first-order valence-electron chi connectivity index (χ1n) is 6.92. The summed E-state index contributed by atoms with van der Waals surface area (Å²) in [7, 11) is 0. The normalized spacial score (nSPS) is 14.7. The summed E-state index contributed by atoms with van der Waals surface area (Å²) in [5.41, 5.74) is 2.25. The smallest absolute Gasteiger partial charge is 0.0692 e. The minimum Gasteiger partial charge on any atom is -0.287 e. The third kappa shape index (κ3) is 4.47. The molecule has 2 nitrogen and oxygen atoms in total. The fourth-order valence-corrected chi connectivity index (χ4v) is 1.73. The van der Waals surface area contributed by atoms with E-state index in [2.05, 4.69) is 23.8 Å². The number of nitrogens with zero attached hydrogens (tertiary/aromatic N) is 2. The highest BCUT2D eigenvalue weighted by atomic mass is 14.9. The molecule has 0 fully saturated rings. The maximum Gasteiger partial charge on any atom is 0.0692 e. The molecule has 0 saturated carbocycles. The number of aliphatic imine (C=N–C) groups is 2. The van der Waals surface area contributed by atoms with Crippen LogP contribution in [0.2, 0.25) is 0 Å². The molecule has 0 amide bonds. The molecule has 2 atom stereocenters. The van der Waals surface area contributed by atoms with Gasteiger partial charge in [-0.1, -0.05) is 60.7 Å². The summed E-state index contributed by atoms with van der Waals surface area (Å²) >= 11 is 0. The van der Waals surface area contributed by atoms with E-state index in [1.807, 2.05) is 73.1 Å². The second-order valence-corrected chi connectivity index (χ2v) is 4.86. The Labute approximate surface area is 120 Å². The summed E-state index contributed by atoms with van der Waals surface area (Å²) in [6.45, 7) is 4.18. The molecule has 2 unspecified atom stereocenters. The van der Waals surface area contributed by atoms with E-state index in [0.29, 0.717) is 0 Å². The third-order valence-electron chi connectivity index (χ3n) is 3.21. The van der Waals surface area contributed by atoms with Crippen LogP contribution in [0, 0.1) is 0 Å². The van der Waals surface area contributed by atoms with Gasteiger partial charge in [-0.05, 0) is 25.0 Å². The van der Waals surface area contributed by atoms with Crippen LogP contribution in [0.15, 0.2) is 70.6 Å². The van der Waals surface area contributed by atoms with Crippen LogP contribution in [-0.4, -0.2) is 24.5 Å². The summed E-state index contributed by atoms with van der Waals surface area (Å²) in [5, 5.41) is 0. The van der Waals surface area contributed by atoms with Gasteiger partial charge in [0.2, 0.25) is 0 Å². The van der Waals surface area contributed by atoms with Gasteiger partial charge in [0.15, 0.2) is 0 Å². The molecule has 0 aliphatic heterocycles. The first-order valence-corrected chi connectivity index (χ1v) is 6.92. The van der Waals surface area contributed by atoms with Gasteiger partial charge in [0, 0.05) is 12.4 Å². The topological polar surface area (TPSA) is 24.7 Å². The molecule has 0 heterocycles. The zero-order chi connectivity index (χ0) is 14.2. The van der Waals surface area contributed by atoms with Gasteiger partial charge in [0.25, 0.3) is 0 Å². The van der Waals surface area contributed by atoms with E-state index in [0.717, 1.165) is 11.1 Å². The molecule has 20 heavy (non-hydrogen) atoms. The van der Waals surface area contributed by atoms with Crippen LogP contribution in [0.5, 0.6) is 0 Å². The Morgan fingerprint density at radius 1 is 0.650 bits per heavy atom. The van der Waals surface area contributed by atoms with Crippen molar-refractivity contribution in [2.45, 2.75) is 25.9 Å². The van der Waals surface area contributed by atoms with E-state index < -0.39 is 0 Å². The highest BCUT2D eigenvalue weighted by molar-refractivity contribution is 5.80. The van der Waals surface area contributed by atoms with Crippen LogP contribution in [0.1, 0.15) is 25.0 Å². The van der Waals surface area contributed by atoms with Crippen molar-refractivity contribution in [2.24, 2.45) is 9.98 Å². The van der Waals surface area contributed by atoms with E-state index >= 15 is 0 Å². The lowest BCUT2D eigenvalue weighted by Crippen LogP contribution is -2.15. The average Bonchev–Trinajstić information content (AvgIpc) is 2.52. The van der Waals surface area contributed by atoms with Crippen LogP contribution in [-0.2, 0) is 0 Å². The minimum atomic E-state index is 0.162. The number of rotatable bonds is 5. The van der Waals surface area contributed by atoms with Gasteiger partial charge >= 0.3 is 0 Å².